The van der Waals surface area contributed by atoms with Crippen LogP contribution in [-0.2, 0) is 4.74 Å². The van der Waals surface area contributed by atoms with Gasteiger partial charge in [-0.25, -0.2) is 4.79 Å². The van der Waals surface area contributed by atoms with Gasteiger partial charge in [0.2, 0.25) is 0 Å². The van der Waals surface area contributed by atoms with E-state index in [0.29, 0.717) is 13.0 Å². The van der Waals surface area contributed by atoms with Crippen molar-refractivity contribution in [1.82, 2.24) is 10.2 Å². The van der Waals surface area contributed by atoms with Gasteiger partial charge in [0.15, 0.2) is 0 Å². The first-order valence-corrected chi connectivity index (χ1v) is 10.3. The van der Waals surface area contributed by atoms with Crippen molar-refractivity contribution in [1.29, 1.82) is 0 Å². The molecule has 154 valence electrons. The normalized spacial score (nSPS) is 29.2. The minimum absolute atomic E-state index is 0.215. The molecule has 1 aromatic carbocycles. The highest BCUT2D eigenvalue weighted by Gasteiger charge is 2.31. The highest BCUT2D eigenvalue weighted by atomic mass is 16.6. The zero-order valence-corrected chi connectivity index (χ0v) is 17.0. The van der Waals surface area contributed by atoms with Crippen LogP contribution in [0, 0.1) is 10.1 Å². The van der Waals surface area contributed by atoms with Crippen molar-refractivity contribution in [3.05, 3.63) is 45.5 Å². The molecule has 2 fully saturated rings. The van der Waals surface area contributed by atoms with Gasteiger partial charge in [-0.05, 0) is 63.5 Å². The molecule has 2 aliphatic rings. The smallest absolute Gasteiger partial charge is 0.410 e. The second kappa shape index (κ2) is 8.90. The lowest BCUT2D eigenvalue weighted by Crippen LogP contribution is -2.47. The molecule has 1 N–H and O–H groups in total. The monoisotopic (exact) mass is 389 g/mol. The number of nitrogens with one attached hydrogen (secondary N) is 1. The van der Waals surface area contributed by atoms with Crippen LogP contribution in [0.3, 0.4) is 0 Å². The van der Waals surface area contributed by atoms with E-state index in [4.69, 9.17) is 4.74 Å². The van der Waals surface area contributed by atoms with Gasteiger partial charge in [-0.3, -0.25) is 15.4 Å². The molecule has 2 aliphatic heterocycles. The van der Waals surface area contributed by atoms with Crippen LogP contribution in [0.1, 0.15) is 76.0 Å². The molecule has 0 aromatic heterocycles. The zero-order valence-electron chi connectivity index (χ0n) is 17.0. The number of benzene rings is 1. The van der Waals surface area contributed by atoms with Crippen molar-refractivity contribution in [2.24, 2.45) is 0 Å². The van der Waals surface area contributed by atoms with Crippen molar-refractivity contribution >= 4 is 6.09 Å². The Morgan fingerprint density at radius 2 is 1.82 bits per heavy atom. The average molecular weight is 389 g/mol. The number of amides is 1. The van der Waals surface area contributed by atoms with Crippen LogP contribution in [0.5, 0.6) is 0 Å². The van der Waals surface area contributed by atoms with Crippen molar-refractivity contribution in [3.63, 3.8) is 0 Å². The summed E-state index contributed by atoms with van der Waals surface area (Å²) in [6, 6.07) is 8.52. The maximum Gasteiger partial charge on any atom is 0.410 e. The zero-order chi connectivity index (χ0) is 20.3. The molecule has 5 unspecified atom stereocenters. The third-order valence-electron chi connectivity index (χ3n) is 6.20. The number of nitro groups is 1. The molecule has 1 aromatic rings. The molecular formula is C21H31N3O4. The van der Waals surface area contributed by atoms with Gasteiger partial charge < -0.3 is 9.64 Å². The van der Waals surface area contributed by atoms with E-state index >= 15 is 0 Å². The van der Waals surface area contributed by atoms with Gasteiger partial charge in [0, 0.05) is 30.0 Å². The predicted octanol–water partition coefficient (Wildman–Crippen LogP) is 4.22. The van der Waals surface area contributed by atoms with Gasteiger partial charge in [0.05, 0.1) is 0 Å². The van der Waals surface area contributed by atoms with E-state index in [1.807, 2.05) is 36.1 Å². The third-order valence-corrected chi connectivity index (χ3v) is 6.20. The molecule has 2 heterocycles. The summed E-state index contributed by atoms with van der Waals surface area (Å²) in [5.41, 5.74) is 2.12. The van der Waals surface area contributed by atoms with Crippen molar-refractivity contribution in [2.75, 3.05) is 6.54 Å². The van der Waals surface area contributed by atoms with Crippen LogP contribution in [-0.4, -0.2) is 40.7 Å². The Bertz CT molecular complexity index is 675. The second-order valence-corrected chi connectivity index (χ2v) is 8.21. The fourth-order valence-corrected chi connectivity index (χ4v) is 4.41. The van der Waals surface area contributed by atoms with Crippen LogP contribution in [0.4, 0.5) is 4.79 Å². The number of hydrogen-bond acceptors (Lipinski definition) is 5. The lowest BCUT2D eigenvalue weighted by Gasteiger charge is -2.38. The van der Waals surface area contributed by atoms with E-state index in [2.05, 4.69) is 19.2 Å². The summed E-state index contributed by atoms with van der Waals surface area (Å²) in [5, 5.41) is 13.9. The first-order valence-electron chi connectivity index (χ1n) is 10.3. The molecule has 3 rings (SSSR count). The molecule has 0 bridgehead atoms. The van der Waals surface area contributed by atoms with E-state index in [1.165, 1.54) is 0 Å². The average Bonchev–Trinajstić information content (AvgIpc) is 2.68. The van der Waals surface area contributed by atoms with Gasteiger partial charge in [0.1, 0.15) is 6.10 Å². The Morgan fingerprint density at radius 1 is 1.18 bits per heavy atom. The summed E-state index contributed by atoms with van der Waals surface area (Å²) in [4.78, 5) is 25.1. The summed E-state index contributed by atoms with van der Waals surface area (Å²) in [6.45, 7) is 6.67. The van der Waals surface area contributed by atoms with Crippen LogP contribution in [0.15, 0.2) is 24.3 Å². The Morgan fingerprint density at radius 3 is 2.36 bits per heavy atom. The quantitative estimate of drug-likeness (QED) is 0.616. The van der Waals surface area contributed by atoms with Gasteiger partial charge in [-0.1, -0.05) is 24.3 Å². The minimum atomic E-state index is -0.630. The summed E-state index contributed by atoms with van der Waals surface area (Å²) < 4.78 is 5.74. The standard InChI is InChI=1S/C21H31N3O4/c1-14-5-4-6-15(2)23(14)21(25)28-16(3)17-7-9-18(10-8-17)19-11-12-20(22-13-19)24(26)27/h7-10,14-16,19-20,22H,4-6,11-13H2,1-3H3. The maximum absolute atomic E-state index is 12.6. The molecule has 2 saturated heterocycles. The Kier molecular flexibility index (Phi) is 6.54. The molecule has 0 radical (unpaired) electrons. The molecule has 7 nitrogen and oxygen atoms in total. The summed E-state index contributed by atoms with van der Waals surface area (Å²) in [7, 11) is 0. The molecule has 0 saturated carbocycles. The van der Waals surface area contributed by atoms with Crippen LogP contribution >= 0.6 is 0 Å². The lowest BCUT2D eigenvalue weighted by atomic mass is 9.90. The number of carbonyl (C=O) groups is 1. The number of rotatable bonds is 4. The van der Waals surface area contributed by atoms with Gasteiger partial charge in [-0.15, -0.1) is 0 Å². The van der Waals surface area contributed by atoms with Crippen molar-refractivity contribution < 1.29 is 14.5 Å². The highest BCUT2D eigenvalue weighted by Crippen LogP contribution is 2.29. The number of piperidine rings is 2. The fraction of sp³-hybridized carbons (Fsp3) is 0.667. The number of nitrogens with zero attached hydrogens (tertiary/aromatic N) is 2. The van der Waals surface area contributed by atoms with E-state index < -0.39 is 6.17 Å². The van der Waals surface area contributed by atoms with Crippen LogP contribution < -0.4 is 5.32 Å². The Labute approximate surface area is 166 Å². The summed E-state index contributed by atoms with van der Waals surface area (Å²) in [6.07, 6.45) is 3.36. The predicted molar refractivity (Wildman–Crippen MR) is 107 cm³/mol. The van der Waals surface area contributed by atoms with E-state index in [0.717, 1.165) is 36.8 Å². The second-order valence-electron chi connectivity index (χ2n) is 8.21. The molecule has 28 heavy (non-hydrogen) atoms. The number of hydrogen-bond donors (Lipinski definition) is 1. The van der Waals surface area contributed by atoms with E-state index in [9.17, 15) is 14.9 Å². The SMILES string of the molecule is CC(OC(=O)N1C(C)CCCC1C)c1ccc(C2CCC([N+](=O)[O-])NC2)cc1. The number of ether oxygens (including phenoxy) is 1. The highest BCUT2D eigenvalue weighted by molar-refractivity contribution is 5.69. The van der Waals surface area contributed by atoms with Crippen molar-refractivity contribution in [2.45, 2.75) is 83.1 Å². The first-order chi connectivity index (χ1) is 13.4. The van der Waals surface area contributed by atoms with Gasteiger partial charge in [0.25, 0.3) is 6.17 Å². The Hall–Kier alpha value is -2.15. The molecular weight excluding hydrogens is 358 g/mol. The molecule has 7 heteroatoms. The first kappa shape index (κ1) is 20.6. The third kappa shape index (κ3) is 4.63. The minimum Gasteiger partial charge on any atom is -0.442 e. The Balaban J connectivity index is 1.57. The van der Waals surface area contributed by atoms with E-state index in [-0.39, 0.29) is 35.1 Å². The fourth-order valence-electron chi connectivity index (χ4n) is 4.41. The topological polar surface area (TPSA) is 84.7 Å². The van der Waals surface area contributed by atoms with Crippen LogP contribution in [0.2, 0.25) is 0 Å². The number of likely N-dealkylation sites (tertiary alicyclic amines) is 1. The maximum atomic E-state index is 12.6. The largest absolute Gasteiger partial charge is 0.442 e. The summed E-state index contributed by atoms with van der Waals surface area (Å²) in [5.74, 6) is 0.276. The van der Waals surface area contributed by atoms with Gasteiger partial charge >= 0.3 is 6.09 Å². The number of carbonyl (C=O) groups excluding carboxylic acids is 1. The van der Waals surface area contributed by atoms with Crippen LogP contribution in [0.25, 0.3) is 0 Å². The molecule has 5 atom stereocenters. The molecule has 0 spiro atoms. The lowest BCUT2D eigenvalue weighted by molar-refractivity contribution is -0.532. The summed E-state index contributed by atoms with van der Waals surface area (Å²) >= 11 is 0. The van der Waals surface area contributed by atoms with Crippen molar-refractivity contribution in [3.8, 4) is 0 Å². The molecule has 0 aliphatic carbocycles. The van der Waals surface area contributed by atoms with E-state index in [1.54, 1.807) is 0 Å². The molecule has 1 amide bonds. The van der Waals surface area contributed by atoms with Gasteiger partial charge in [-0.2, -0.15) is 0 Å².